The highest BCUT2D eigenvalue weighted by atomic mass is 16.5. The fraction of sp³-hybridized carbons (Fsp3) is 0.353. The number of hydrogen-bond acceptors (Lipinski definition) is 1. The molecule has 188 valence electrons. The molecule has 3 aromatic carbocycles. The van der Waals surface area contributed by atoms with Crippen molar-refractivity contribution in [1.29, 1.82) is 0 Å². The van der Waals surface area contributed by atoms with Gasteiger partial charge < -0.3 is 9.30 Å². The summed E-state index contributed by atoms with van der Waals surface area (Å²) >= 11 is 0. The highest BCUT2D eigenvalue weighted by Crippen LogP contribution is 2.38. The molecule has 1 heterocycles. The molecule has 2 nitrogen and oxygen atoms in total. The Morgan fingerprint density at radius 3 is 1.81 bits per heavy atom. The molecule has 2 heteroatoms. The Balaban J connectivity index is 0.00000148. The SMILES string of the molecule is CC.CC(C)(C)c1ccc2c(c1)c1cc(C(C)(C)C)ccc1n2-c1cccc(OC2=CC=CCC2)c1. The van der Waals surface area contributed by atoms with E-state index in [0.717, 1.165) is 30.0 Å². The third-order valence-corrected chi connectivity index (χ3v) is 6.80. The molecule has 0 saturated carbocycles. The zero-order valence-electron chi connectivity index (χ0n) is 23.3. The zero-order valence-corrected chi connectivity index (χ0v) is 23.3. The zero-order chi connectivity index (χ0) is 26.1. The fourth-order valence-electron chi connectivity index (χ4n) is 4.74. The molecule has 0 atom stereocenters. The molecule has 1 aliphatic carbocycles. The van der Waals surface area contributed by atoms with Crippen LogP contribution in [0, 0.1) is 0 Å². The van der Waals surface area contributed by atoms with Gasteiger partial charge in [-0.05, 0) is 70.9 Å². The van der Waals surface area contributed by atoms with Crippen LogP contribution >= 0.6 is 0 Å². The predicted molar refractivity (Wildman–Crippen MR) is 157 cm³/mol. The van der Waals surface area contributed by atoms with Crippen molar-refractivity contribution in [2.75, 3.05) is 0 Å². The van der Waals surface area contributed by atoms with Gasteiger partial charge in [-0.15, -0.1) is 0 Å². The largest absolute Gasteiger partial charge is 0.462 e. The molecule has 0 N–H and O–H groups in total. The Kier molecular flexibility index (Phi) is 7.18. The summed E-state index contributed by atoms with van der Waals surface area (Å²) in [4.78, 5) is 0. The maximum atomic E-state index is 6.24. The van der Waals surface area contributed by atoms with Crippen LogP contribution in [0.15, 0.2) is 84.7 Å². The molecule has 0 fully saturated rings. The fourth-order valence-corrected chi connectivity index (χ4v) is 4.74. The van der Waals surface area contributed by atoms with Crippen LogP contribution in [0.3, 0.4) is 0 Å². The smallest absolute Gasteiger partial charge is 0.129 e. The number of aromatic nitrogens is 1. The minimum Gasteiger partial charge on any atom is -0.462 e. The quantitative estimate of drug-likeness (QED) is 0.285. The first kappa shape index (κ1) is 25.8. The van der Waals surface area contributed by atoms with Gasteiger partial charge in [-0.1, -0.05) is 85.7 Å². The summed E-state index contributed by atoms with van der Waals surface area (Å²) in [5.41, 5.74) is 6.48. The molecule has 0 unspecified atom stereocenters. The van der Waals surface area contributed by atoms with Gasteiger partial charge in [0.2, 0.25) is 0 Å². The molecule has 0 radical (unpaired) electrons. The van der Waals surface area contributed by atoms with Crippen LogP contribution < -0.4 is 4.74 Å². The molecule has 1 aromatic heterocycles. The minimum absolute atomic E-state index is 0.0974. The van der Waals surface area contributed by atoms with E-state index >= 15 is 0 Å². The number of hydrogen-bond donors (Lipinski definition) is 0. The minimum atomic E-state index is 0.0974. The number of fused-ring (bicyclic) bond motifs is 3. The Hall–Kier alpha value is -3.26. The molecule has 0 aliphatic heterocycles. The molecular formula is C34H41NO. The van der Waals surface area contributed by atoms with Gasteiger partial charge in [-0.3, -0.25) is 0 Å². The topological polar surface area (TPSA) is 14.2 Å². The van der Waals surface area contributed by atoms with Gasteiger partial charge in [0.1, 0.15) is 11.5 Å². The maximum Gasteiger partial charge on any atom is 0.129 e. The van der Waals surface area contributed by atoms with E-state index in [1.54, 1.807) is 0 Å². The lowest BCUT2D eigenvalue weighted by molar-refractivity contribution is 0.402. The van der Waals surface area contributed by atoms with Crippen molar-refractivity contribution >= 4 is 21.8 Å². The van der Waals surface area contributed by atoms with E-state index in [-0.39, 0.29) is 10.8 Å². The highest BCUT2D eigenvalue weighted by molar-refractivity contribution is 6.09. The van der Waals surface area contributed by atoms with Crippen molar-refractivity contribution < 1.29 is 4.74 Å². The van der Waals surface area contributed by atoms with E-state index < -0.39 is 0 Å². The van der Waals surface area contributed by atoms with Gasteiger partial charge in [0.05, 0.1) is 11.0 Å². The second-order valence-electron chi connectivity index (χ2n) is 11.5. The molecule has 0 spiro atoms. The van der Waals surface area contributed by atoms with Crippen LogP contribution in [0.4, 0.5) is 0 Å². The van der Waals surface area contributed by atoms with Crippen molar-refractivity contribution in [2.24, 2.45) is 0 Å². The van der Waals surface area contributed by atoms with Crippen LogP contribution in [-0.4, -0.2) is 4.57 Å². The average Bonchev–Trinajstić information content (AvgIpc) is 3.18. The van der Waals surface area contributed by atoms with Crippen molar-refractivity contribution in [3.05, 3.63) is 95.8 Å². The van der Waals surface area contributed by atoms with E-state index in [4.69, 9.17) is 4.74 Å². The molecule has 0 saturated heterocycles. The lowest BCUT2D eigenvalue weighted by Crippen LogP contribution is -2.10. The van der Waals surface area contributed by atoms with Crippen molar-refractivity contribution in [3.8, 4) is 11.4 Å². The number of nitrogens with zero attached hydrogens (tertiary/aromatic N) is 1. The van der Waals surface area contributed by atoms with E-state index in [2.05, 4.69) is 119 Å². The van der Waals surface area contributed by atoms with Gasteiger partial charge in [0.15, 0.2) is 0 Å². The normalized spacial score (nSPS) is 13.9. The standard InChI is InChI=1S/C32H35NO.C2H6/c1-31(2,3)22-15-17-29-27(19-22)28-20-23(32(4,5)6)16-18-30(28)33(29)24-11-10-14-26(21-24)34-25-12-8-7-9-13-25;1-2/h7-8,10-12,14-21H,9,13H2,1-6H3;1-2H3. The summed E-state index contributed by atoms with van der Waals surface area (Å²) < 4.78 is 8.62. The van der Waals surface area contributed by atoms with Crippen molar-refractivity contribution in [3.63, 3.8) is 0 Å². The molecule has 0 amide bonds. The third kappa shape index (κ3) is 5.14. The summed E-state index contributed by atoms with van der Waals surface area (Å²) in [6.45, 7) is 17.7. The Morgan fingerprint density at radius 1 is 0.722 bits per heavy atom. The second kappa shape index (κ2) is 10.0. The first-order valence-electron chi connectivity index (χ1n) is 13.3. The molecule has 36 heavy (non-hydrogen) atoms. The predicted octanol–water partition coefficient (Wildman–Crippen LogP) is 10.0. The van der Waals surface area contributed by atoms with Gasteiger partial charge >= 0.3 is 0 Å². The lowest BCUT2D eigenvalue weighted by atomic mass is 9.85. The first-order valence-corrected chi connectivity index (χ1v) is 13.3. The number of rotatable bonds is 3. The van der Waals surface area contributed by atoms with E-state index in [1.165, 1.54) is 32.9 Å². The van der Waals surface area contributed by atoms with Crippen LogP contribution in [0.2, 0.25) is 0 Å². The van der Waals surface area contributed by atoms with Gasteiger partial charge in [0.25, 0.3) is 0 Å². The third-order valence-electron chi connectivity index (χ3n) is 6.80. The number of benzene rings is 3. The Labute approximate surface area is 217 Å². The van der Waals surface area contributed by atoms with Gasteiger partial charge in [0, 0.05) is 28.9 Å². The number of allylic oxidation sites excluding steroid dienone is 4. The second-order valence-corrected chi connectivity index (χ2v) is 11.5. The highest BCUT2D eigenvalue weighted by Gasteiger charge is 2.21. The monoisotopic (exact) mass is 479 g/mol. The van der Waals surface area contributed by atoms with Crippen LogP contribution in [0.1, 0.15) is 79.4 Å². The van der Waals surface area contributed by atoms with Crippen LogP contribution in [0.5, 0.6) is 5.75 Å². The summed E-state index contributed by atoms with van der Waals surface area (Å²) in [5.74, 6) is 1.90. The summed E-state index contributed by atoms with van der Waals surface area (Å²) in [6.07, 6.45) is 8.30. The van der Waals surface area contributed by atoms with Gasteiger partial charge in [-0.2, -0.15) is 0 Å². The average molecular weight is 480 g/mol. The molecule has 5 rings (SSSR count). The number of ether oxygens (including phenoxy) is 1. The Morgan fingerprint density at radius 2 is 1.31 bits per heavy atom. The first-order chi connectivity index (χ1) is 17.1. The molecular weight excluding hydrogens is 438 g/mol. The summed E-state index contributed by atoms with van der Waals surface area (Å²) in [5, 5.41) is 2.61. The molecule has 0 bridgehead atoms. The van der Waals surface area contributed by atoms with E-state index in [0.29, 0.717) is 0 Å². The molecule has 4 aromatic rings. The lowest BCUT2D eigenvalue weighted by Gasteiger charge is -2.19. The van der Waals surface area contributed by atoms with Crippen LogP contribution in [0.25, 0.3) is 27.5 Å². The van der Waals surface area contributed by atoms with Crippen LogP contribution in [-0.2, 0) is 10.8 Å². The van der Waals surface area contributed by atoms with Gasteiger partial charge in [-0.25, -0.2) is 0 Å². The molecule has 1 aliphatic rings. The van der Waals surface area contributed by atoms with Crippen molar-refractivity contribution in [2.45, 2.75) is 79.1 Å². The Bertz CT molecular complexity index is 1360. The summed E-state index contributed by atoms with van der Waals surface area (Å²) in [6, 6.07) is 22.4. The van der Waals surface area contributed by atoms with E-state index in [1.807, 2.05) is 19.9 Å². The van der Waals surface area contributed by atoms with E-state index in [9.17, 15) is 0 Å². The summed E-state index contributed by atoms with van der Waals surface area (Å²) in [7, 11) is 0. The van der Waals surface area contributed by atoms with Crippen molar-refractivity contribution in [1.82, 2.24) is 4.57 Å². The maximum absolute atomic E-state index is 6.24.